The average Bonchev–Trinajstić information content (AvgIpc) is 2.82. The highest BCUT2D eigenvalue weighted by Crippen LogP contribution is 2.33. The van der Waals surface area contributed by atoms with Gasteiger partial charge in [-0.15, -0.1) is 0 Å². The molecule has 1 aliphatic heterocycles. The average molecular weight is 491 g/mol. The van der Waals surface area contributed by atoms with Gasteiger partial charge < -0.3 is 14.8 Å². The number of nitrogens with zero attached hydrogens (tertiary/aromatic N) is 1. The van der Waals surface area contributed by atoms with Crippen molar-refractivity contribution in [2.45, 2.75) is 4.90 Å². The second-order valence-electron chi connectivity index (χ2n) is 7.16. The van der Waals surface area contributed by atoms with Crippen molar-refractivity contribution >= 4 is 33.2 Å². The topological polar surface area (TPSA) is 84.9 Å². The van der Waals surface area contributed by atoms with Gasteiger partial charge in [0.2, 0.25) is 10.0 Å². The first kappa shape index (κ1) is 23.2. The summed E-state index contributed by atoms with van der Waals surface area (Å²) in [5.74, 6) is -0.469. The van der Waals surface area contributed by atoms with Gasteiger partial charge in [0.1, 0.15) is 11.6 Å². The van der Waals surface area contributed by atoms with E-state index in [9.17, 15) is 17.6 Å². The van der Waals surface area contributed by atoms with Crippen LogP contribution >= 0.6 is 11.6 Å². The number of halogens is 2. The summed E-state index contributed by atoms with van der Waals surface area (Å²) in [7, 11) is -3.82. The van der Waals surface area contributed by atoms with E-state index in [2.05, 4.69) is 5.32 Å². The lowest BCUT2D eigenvalue weighted by molar-refractivity contribution is 0.0730. The molecule has 3 aromatic rings. The number of morpholine rings is 1. The Hall–Kier alpha value is -2.98. The zero-order valence-electron chi connectivity index (χ0n) is 17.3. The number of amides is 1. The first-order valence-electron chi connectivity index (χ1n) is 10.1. The number of hydrogen-bond donors (Lipinski definition) is 1. The van der Waals surface area contributed by atoms with Crippen molar-refractivity contribution in [2.24, 2.45) is 0 Å². The third-order valence-electron chi connectivity index (χ3n) is 4.97. The Morgan fingerprint density at radius 1 is 1.03 bits per heavy atom. The first-order valence-corrected chi connectivity index (χ1v) is 11.9. The van der Waals surface area contributed by atoms with Crippen LogP contribution < -0.4 is 10.1 Å². The van der Waals surface area contributed by atoms with Gasteiger partial charge in [-0.1, -0.05) is 23.7 Å². The molecule has 0 spiro atoms. The summed E-state index contributed by atoms with van der Waals surface area (Å²) < 4.78 is 51.8. The molecule has 0 radical (unpaired) electrons. The van der Waals surface area contributed by atoms with Gasteiger partial charge in [0.15, 0.2) is 5.75 Å². The fraction of sp³-hybridized carbons (Fsp3) is 0.174. The minimum atomic E-state index is -3.82. The molecule has 10 heteroatoms. The number of rotatable bonds is 6. The smallest absolute Gasteiger partial charge is 0.257 e. The van der Waals surface area contributed by atoms with Gasteiger partial charge in [0.25, 0.3) is 5.91 Å². The lowest BCUT2D eigenvalue weighted by atomic mass is 10.2. The molecule has 0 atom stereocenters. The number of carbonyl (C=O) groups excluding carboxylic acids is 1. The van der Waals surface area contributed by atoms with Gasteiger partial charge in [-0.2, -0.15) is 4.31 Å². The fourth-order valence-electron chi connectivity index (χ4n) is 3.26. The third kappa shape index (κ3) is 5.33. The van der Waals surface area contributed by atoms with Crippen molar-refractivity contribution in [3.8, 4) is 11.5 Å². The van der Waals surface area contributed by atoms with E-state index in [0.717, 1.165) is 0 Å². The summed E-state index contributed by atoms with van der Waals surface area (Å²) in [6, 6.07) is 16.0. The molecule has 1 amide bonds. The fourth-order valence-corrected chi connectivity index (χ4v) is 4.91. The quantitative estimate of drug-likeness (QED) is 0.548. The van der Waals surface area contributed by atoms with Crippen LogP contribution in [0.3, 0.4) is 0 Å². The Kier molecular flexibility index (Phi) is 6.94. The van der Waals surface area contributed by atoms with Crippen LogP contribution in [0.5, 0.6) is 11.5 Å². The second-order valence-corrected chi connectivity index (χ2v) is 9.51. The number of hydrogen-bond acceptors (Lipinski definition) is 5. The van der Waals surface area contributed by atoms with Gasteiger partial charge in [-0.25, -0.2) is 12.8 Å². The second kappa shape index (κ2) is 9.88. The van der Waals surface area contributed by atoms with E-state index in [-0.39, 0.29) is 40.0 Å². The lowest BCUT2D eigenvalue weighted by Gasteiger charge is -2.26. The molecule has 1 fully saturated rings. The molecular weight excluding hydrogens is 471 g/mol. The summed E-state index contributed by atoms with van der Waals surface area (Å²) in [5.41, 5.74) is 0.340. The molecule has 4 rings (SSSR count). The molecule has 3 aromatic carbocycles. The molecule has 1 heterocycles. The van der Waals surface area contributed by atoms with Crippen LogP contribution in [-0.4, -0.2) is 44.9 Å². The summed E-state index contributed by atoms with van der Waals surface area (Å²) >= 11 is 6.13. The van der Waals surface area contributed by atoms with E-state index in [4.69, 9.17) is 21.1 Å². The number of ether oxygens (including phenoxy) is 2. The van der Waals surface area contributed by atoms with Crippen LogP contribution in [0.4, 0.5) is 10.1 Å². The van der Waals surface area contributed by atoms with Gasteiger partial charge in [-0.05, 0) is 54.6 Å². The Balaban J connectivity index is 1.70. The Morgan fingerprint density at radius 2 is 1.73 bits per heavy atom. The highest BCUT2D eigenvalue weighted by atomic mass is 35.5. The molecule has 0 unspecified atom stereocenters. The van der Waals surface area contributed by atoms with E-state index in [0.29, 0.717) is 19.0 Å². The Labute approximate surface area is 195 Å². The third-order valence-corrected chi connectivity index (χ3v) is 7.19. The monoisotopic (exact) mass is 490 g/mol. The minimum Gasteiger partial charge on any atom is -0.455 e. The molecule has 0 bridgehead atoms. The zero-order valence-corrected chi connectivity index (χ0v) is 18.9. The van der Waals surface area contributed by atoms with Crippen molar-refractivity contribution in [3.05, 3.63) is 83.1 Å². The summed E-state index contributed by atoms with van der Waals surface area (Å²) in [5, 5.41) is 2.93. The molecule has 1 saturated heterocycles. The van der Waals surface area contributed by atoms with Crippen molar-refractivity contribution in [2.75, 3.05) is 31.6 Å². The predicted molar refractivity (Wildman–Crippen MR) is 122 cm³/mol. The maximum atomic E-state index is 13.3. The van der Waals surface area contributed by atoms with Crippen molar-refractivity contribution in [1.82, 2.24) is 4.31 Å². The minimum absolute atomic E-state index is 0.00897. The van der Waals surface area contributed by atoms with Crippen molar-refractivity contribution in [3.63, 3.8) is 0 Å². The Bertz CT molecular complexity index is 1260. The van der Waals surface area contributed by atoms with Crippen molar-refractivity contribution in [1.29, 1.82) is 0 Å². The first-order chi connectivity index (χ1) is 15.8. The molecule has 7 nitrogen and oxygen atoms in total. The maximum Gasteiger partial charge on any atom is 0.257 e. The van der Waals surface area contributed by atoms with E-state index in [1.165, 1.54) is 46.8 Å². The number of anilines is 1. The van der Waals surface area contributed by atoms with Crippen LogP contribution in [0.15, 0.2) is 71.6 Å². The number of nitrogens with one attached hydrogen (secondary N) is 1. The van der Waals surface area contributed by atoms with E-state index >= 15 is 0 Å². The van der Waals surface area contributed by atoms with Gasteiger partial charge in [0, 0.05) is 13.1 Å². The zero-order chi connectivity index (χ0) is 23.4. The summed E-state index contributed by atoms with van der Waals surface area (Å²) in [6.45, 7) is 1.08. The normalized spacial score (nSPS) is 14.6. The highest BCUT2D eigenvalue weighted by molar-refractivity contribution is 7.89. The lowest BCUT2D eigenvalue weighted by Crippen LogP contribution is -2.40. The molecule has 1 aliphatic rings. The molecule has 172 valence electrons. The van der Waals surface area contributed by atoms with E-state index in [1.807, 2.05) is 0 Å². The van der Waals surface area contributed by atoms with Gasteiger partial charge in [0.05, 0.1) is 34.4 Å². The van der Waals surface area contributed by atoms with E-state index < -0.39 is 21.7 Å². The van der Waals surface area contributed by atoms with Crippen LogP contribution in [0.2, 0.25) is 5.02 Å². The number of carbonyl (C=O) groups is 1. The van der Waals surface area contributed by atoms with Crippen LogP contribution in [0.25, 0.3) is 0 Å². The van der Waals surface area contributed by atoms with Crippen LogP contribution in [-0.2, 0) is 14.8 Å². The van der Waals surface area contributed by atoms with Crippen molar-refractivity contribution < 1.29 is 27.1 Å². The molecule has 0 saturated carbocycles. The Morgan fingerprint density at radius 3 is 2.42 bits per heavy atom. The standard InChI is InChI=1S/C23H20ClFN2O5S/c24-20-4-2-1-3-19(20)23(28)26-21-15-18(33(29,30)27-11-13-31-14-12-27)9-10-22(21)32-17-7-5-16(25)6-8-17/h1-10,15H,11-14H2,(H,26,28). The molecule has 33 heavy (non-hydrogen) atoms. The highest BCUT2D eigenvalue weighted by Gasteiger charge is 2.27. The summed E-state index contributed by atoms with van der Waals surface area (Å²) in [6.07, 6.45) is 0. The molecule has 0 aliphatic carbocycles. The number of benzene rings is 3. The predicted octanol–water partition coefficient (Wildman–Crippen LogP) is 4.54. The van der Waals surface area contributed by atoms with Crippen LogP contribution in [0.1, 0.15) is 10.4 Å². The SMILES string of the molecule is O=C(Nc1cc(S(=O)(=O)N2CCOCC2)ccc1Oc1ccc(F)cc1)c1ccccc1Cl. The largest absolute Gasteiger partial charge is 0.455 e. The van der Waals surface area contributed by atoms with Crippen LogP contribution in [0, 0.1) is 5.82 Å². The van der Waals surface area contributed by atoms with Gasteiger partial charge >= 0.3 is 0 Å². The number of sulfonamides is 1. The summed E-state index contributed by atoms with van der Waals surface area (Å²) in [4.78, 5) is 12.9. The van der Waals surface area contributed by atoms with Gasteiger partial charge in [-0.3, -0.25) is 4.79 Å². The van der Waals surface area contributed by atoms with E-state index in [1.54, 1.807) is 24.3 Å². The maximum absolute atomic E-state index is 13.3. The molecule has 0 aromatic heterocycles. The molecular formula is C23H20ClFN2O5S. The molecule has 1 N–H and O–H groups in total.